The summed E-state index contributed by atoms with van der Waals surface area (Å²) in [6.45, 7) is 5.07. The van der Waals surface area contributed by atoms with Crippen LogP contribution >= 0.6 is 11.3 Å². The molecule has 0 aliphatic carbocycles. The molecule has 24 heavy (non-hydrogen) atoms. The van der Waals surface area contributed by atoms with Gasteiger partial charge in [-0.2, -0.15) is 11.3 Å². The SMILES string of the molecule is CCOC(=O)C1CCN(C(=O)CN2CCC[C@H]2c2ccsc2)CC1. The summed E-state index contributed by atoms with van der Waals surface area (Å²) >= 11 is 1.72. The third-order valence-electron chi connectivity index (χ3n) is 5.10. The average Bonchev–Trinajstić information content (AvgIpc) is 3.26. The van der Waals surface area contributed by atoms with Crippen LogP contribution in [0.2, 0.25) is 0 Å². The third kappa shape index (κ3) is 3.98. The molecule has 6 heteroatoms. The van der Waals surface area contributed by atoms with E-state index in [1.54, 1.807) is 11.3 Å². The normalized spacial score (nSPS) is 22.7. The van der Waals surface area contributed by atoms with Crippen LogP contribution in [0.25, 0.3) is 0 Å². The number of ether oxygens (including phenoxy) is 1. The minimum Gasteiger partial charge on any atom is -0.466 e. The Labute approximate surface area is 147 Å². The highest BCUT2D eigenvalue weighted by atomic mass is 32.1. The summed E-state index contributed by atoms with van der Waals surface area (Å²) in [4.78, 5) is 28.7. The summed E-state index contributed by atoms with van der Waals surface area (Å²) in [7, 11) is 0. The van der Waals surface area contributed by atoms with Crippen LogP contribution < -0.4 is 0 Å². The molecule has 1 atom stereocenters. The maximum atomic E-state index is 12.6. The summed E-state index contributed by atoms with van der Waals surface area (Å²) in [5.41, 5.74) is 1.34. The number of amides is 1. The van der Waals surface area contributed by atoms with Gasteiger partial charge in [0.2, 0.25) is 5.91 Å². The molecular formula is C18H26N2O3S. The number of carbonyl (C=O) groups excluding carboxylic acids is 2. The van der Waals surface area contributed by atoms with E-state index in [-0.39, 0.29) is 17.8 Å². The van der Waals surface area contributed by atoms with Crippen molar-refractivity contribution in [1.29, 1.82) is 0 Å². The molecule has 3 rings (SSSR count). The van der Waals surface area contributed by atoms with Crippen LogP contribution in [0.1, 0.15) is 44.2 Å². The molecule has 2 saturated heterocycles. The molecule has 1 amide bonds. The molecular weight excluding hydrogens is 324 g/mol. The quantitative estimate of drug-likeness (QED) is 0.766. The highest BCUT2D eigenvalue weighted by molar-refractivity contribution is 7.07. The van der Waals surface area contributed by atoms with E-state index in [0.717, 1.165) is 32.2 Å². The van der Waals surface area contributed by atoms with Crippen molar-refractivity contribution in [2.24, 2.45) is 5.92 Å². The van der Waals surface area contributed by atoms with E-state index in [2.05, 4.69) is 21.7 Å². The summed E-state index contributed by atoms with van der Waals surface area (Å²) in [6, 6.07) is 2.56. The number of hydrogen-bond donors (Lipinski definition) is 0. The number of hydrogen-bond acceptors (Lipinski definition) is 5. The Morgan fingerprint density at radius 1 is 1.25 bits per heavy atom. The van der Waals surface area contributed by atoms with Crippen molar-refractivity contribution in [2.75, 3.05) is 32.8 Å². The van der Waals surface area contributed by atoms with Crippen LogP contribution in [0.5, 0.6) is 0 Å². The summed E-state index contributed by atoms with van der Waals surface area (Å²) in [5, 5.41) is 4.30. The summed E-state index contributed by atoms with van der Waals surface area (Å²) in [6.07, 6.45) is 3.73. The van der Waals surface area contributed by atoms with Crippen molar-refractivity contribution in [3.8, 4) is 0 Å². The van der Waals surface area contributed by atoms with E-state index in [1.165, 1.54) is 5.56 Å². The number of likely N-dealkylation sites (tertiary alicyclic amines) is 2. The number of rotatable bonds is 5. The first kappa shape index (κ1) is 17.4. The van der Waals surface area contributed by atoms with E-state index in [0.29, 0.717) is 32.3 Å². The summed E-state index contributed by atoms with van der Waals surface area (Å²) < 4.78 is 5.09. The number of thiophene rings is 1. The zero-order valence-corrected chi connectivity index (χ0v) is 15.1. The molecule has 0 aromatic carbocycles. The van der Waals surface area contributed by atoms with Gasteiger partial charge in [0, 0.05) is 19.1 Å². The van der Waals surface area contributed by atoms with Crippen molar-refractivity contribution in [3.63, 3.8) is 0 Å². The molecule has 0 bridgehead atoms. The van der Waals surface area contributed by atoms with Gasteiger partial charge in [0.15, 0.2) is 0 Å². The van der Waals surface area contributed by atoms with Gasteiger partial charge in [0.1, 0.15) is 0 Å². The van der Waals surface area contributed by atoms with Gasteiger partial charge in [-0.1, -0.05) is 0 Å². The third-order valence-corrected chi connectivity index (χ3v) is 5.80. The first-order valence-corrected chi connectivity index (χ1v) is 9.84. The van der Waals surface area contributed by atoms with Gasteiger partial charge >= 0.3 is 5.97 Å². The van der Waals surface area contributed by atoms with Crippen molar-refractivity contribution >= 4 is 23.2 Å². The number of esters is 1. The first-order valence-electron chi connectivity index (χ1n) is 8.89. The highest BCUT2D eigenvalue weighted by Crippen LogP contribution is 2.33. The van der Waals surface area contributed by atoms with Crippen LogP contribution in [0.15, 0.2) is 16.8 Å². The van der Waals surface area contributed by atoms with Gasteiger partial charge in [-0.15, -0.1) is 0 Å². The molecule has 0 radical (unpaired) electrons. The molecule has 1 aromatic heterocycles. The average molecular weight is 350 g/mol. The Balaban J connectivity index is 1.50. The Kier molecular flexibility index (Phi) is 5.89. The molecule has 0 N–H and O–H groups in total. The van der Waals surface area contributed by atoms with Gasteiger partial charge < -0.3 is 9.64 Å². The maximum Gasteiger partial charge on any atom is 0.309 e. The Hall–Kier alpha value is -1.40. The second-order valence-electron chi connectivity index (χ2n) is 6.59. The molecule has 1 aromatic rings. The van der Waals surface area contributed by atoms with Crippen LogP contribution in [0.3, 0.4) is 0 Å². The lowest BCUT2D eigenvalue weighted by molar-refractivity contribution is -0.151. The number of piperidine rings is 1. The number of nitrogens with zero attached hydrogens (tertiary/aromatic N) is 2. The Bertz CT molecular complexity index is 553. The predicted molar refractivity (Wildman–Crippen MR) is 93.8 cm³/mol. The van der Waals surface area contributed by atoms with Crippen LogP contribution in [0.4, 0.5) is 0 Å². The second-order valence-corrected chi connectivity index (χ2v) is 7.37. The lowest BCUT2D eigenvalue weighted by Gasteiger charge is -2.33. The van der Waals surface area contributed by atoms with Gasteiger partial charge in [0.05, 0.1) is 19.1 Å². The standard InChI is InChI=1S/C18H26N2O3S/c1-2-23-18(22)14-5-9-19(10-6-14)17(21)12-20-8-3-4-16(20)15-7-11-24-13-15/h7,11,13-14,16H,2-6,8-10,12H2,1H3/t16-/m0/s1. The largest absolute Gasteiger partial charge is 0.466 e. The first-order chi connectivity index (χ1) is 11.7. The number of carbonyl (C=O) groups is 2. The van der Waals surface area contributed by atoms with Crippen LogP contribution in [-0.2, 0) is 14.3 Å². The smallest absolute Gasteiger partial charge is 0.309 e. The van der Waals surface area contributed by atoms with E-state index >= 15 is 0 Å². The maximum absolute atomic E-state index is 12.6. The minimum absolute atomic E-state index is 0.0423. The molecule has 2 aliphatic rings. The molecule has 0 saturated carbocycles. The van der Waals surface area contributed by atoms with E-state index in [4.69, 9.17) is 4.74 Å². The predicted octanol–water partition coefficient (Wildman–Crippen LogP) is 2.69. The minimum atomic E-state index is -0.110. The van der Waals surface area contributed by atoms with E-state index in [1.807, 2.05) is 11.8 Å². The monoisotopic (exact) mass is 350 g/mol. The van der Waals surface area contributed by atoms with Gasteiger partial charge in [-0.05, 0) is 61.5 Å². The molecule has 2 aliphatic heterocycles. The van der Waals surface area contributed by atoms with Gasteiger partial charge in [-0.3, -0.25) is 14.5 Å². The highest BCUT2D eigenvalue weighted by Gasteiger charge is 2.32. The molecule has 3 heterocycles. The fourth-order valence-electron chi connectivity index (χ4n) is 3.76. The Morgan fingerprint density at radius 3 is 2.71 bits per heavy atom. The molecule has 5 nitrogen and oxygen atoms in total. The lowest BCUT2D eigenvalue weighted by atomic mass is 9.97. The lowest BCUT2D eigenvalue weighted by Crippen LogP contribution is -2.45. The van der Waals surface area contributed by atoms with Gasteiger partial charge in [0.25, 0.3) is 0 Å². The van der Waals surface area contributed by atoms with Crippen LogP contribution in [0, 0.1) is 5.92 Å². The topological polar surface area (TPSA) is 49.9 Å². The van der Waals surface area contributed by atoms with E-state index < -0.39 is 0 Å². The summed E-state index contributed by atoms with van der Waals surface area (Å²) in [5.74, 6) is 0.0421. The molecule has 0 spiro atoms. The molecule has 0 unspecified atom stereocenters. The van der Waals surface area contributed by atoms with Crippen molar-refractivity contribution < 1.29 is 14.3 Å². The second kappa shape index (κ2) is 8.12. The molecule has 2 fully saturated rings. The van der Waals surface area contributed by atoms with Crippen molar-refractivity contribution in [2.45, 2.75) is 38.6 Å². The van der Waals surface area contributed by atoms with Gasteiger partial charge in [-0.25, -0.2) is 0 Å². The van der Waals surface area contributed by atoms with Crippen molar-refractivity contribution in [3.05, 3.63) is 22.4 Å². The molecule has 132 valence electrons. The van der Waals surface area contributed by atoms with Crippen LogP contribution in [-0.4, -0.2) is 54.5 Å². The zero-order chi connectivity index (χ0) is 16.9. The zero-order valence-electron chi connectivity index (χ0n) is 14.3. The Morgan fingerprint density at radius 2 is 2.04 bits per heavy atom. The fourth-order valence-corrected chi connectivity index (χ4v) is 4.46. The fraction of sp³-hybridized carbons (Fsp3) is 0.667. The van der Waals surface area contributed by atoms with Crippen molar-refractivity contribution in [1.82, 2.24) is 9.80 Å². The van der Waals surface area contributed by atoms with E-state index in [9.17, 15) is 9.59 Å².